The first-order valence-corrected chi connectivity index (χ1v) is 3.00. The van der Waals surface area contributed by atoms with Crippen molar-refractivity contribution in [3.05, 3.63) is 12.1 Å². The van der Waals surface area contributed by atoms with E-state index in [1.54, 1.807) is 20.8 Å². The lowest BCUT2D eigenvalue weighted by Gasteiger charge is -2.19. The summed E-state index contributed by atoms with van der Waals surface area (Å²) in [7, 11) is 5.07. The molecule has 0 aromatic rings. The Morgan fingerprint density at radius 3 is 2.00 bits per heavy atom. The van der Waals surface area contributed by atoms with Crippen LogP contribution < -0.4 is 0 Å². The summed E-state index contributed by atoms with van der Waals surface area (Å²) in [4.78, 5) is 10.7. The largest absolute Gasteiger partial charge is 0.457 e. The second-order valence-corrected chi connectivity index (χ2v) is 3.03. The van der Waals surface area contributed by atoms with E-state index in [0.717, 1.165) is 0 Å². The molecule has 0 aliphatic heterocycles. The van der Waals surface area contributed by atoms with Crippen molar-refractivity contribution in [1.82, 2.24) is 0 Å². The Morgan fingerprint density at radius 1 is 1.50 bits per heavy atom. The van der Waals surface area contributed by atoms with Crippen molar-refractivity contribution in [3.8, 4) is 0 Å². The summed E-state index contributed by atoms with van der Waals surface area (Å²) < 4.78 is 4.84. The first kappa shape index (κ1) is 9.27. The van der Waals surface area contributed by atoms with Crippen LogP contribution in [0.25, 0.3) is 0 Å². The van der Waals surface area contributed by atoms with Crippen LogP contribution in [-0.2, 0) is 9.53 Å². The van der Waals surface area contributed by atoms with Crippen molar-refractivity contribution < 1.29 is 9.53 Å². The molecule has 0 aromatic heterocycles. The second-order valence-electron chi connectivity index (χ2n) is 3.03. The molecule has 0 fully saturated rings. The molecule has 2 radical (unpaired) electrons. The highest BCUT2D eigenvalue weighted by Crippen LogP contribution is 2.08. The van der Waals surface area contributed by atoms with Crippen LogP contribution in [0.1, 0.15) is 20.8 Å². The van der Waals surface area contributed by atoms with Crippen molar-refractivity contribution in [2.75, 3.05) is 0 Å². The van der Waals surface area contributed by atoms with Crippen molar-refractivity contribution in [1.29, 1.82) is 0 Å². The van der Waals surface area contributed by atoms with Gasteiger partial charge < -0.3 is 4.74 Å². The van der Waals surface area contributed by atoms with Crippen molar-refractivity contribution in [2.24, 2.45) is 0 Å². The molecule has 0 unspecified atom stereocenters. The SMILES string of the molecule is [B]C(=C)C(=O)OC(C)(C)C. The third-order valence-corrected chi connectivity index (χ3v) is 0.661. The maximum Gasteiger partial charge on any atom is 0.323 e. The van der Waals surface area contributed by atoms with Crippen LogP contribution in [0.2, 0.25) is 0 Å². The lowest BCUT2D eigenvalue weighted by atomic mass is 9.98. The molecule has 0 amide bonds. The first-order chi connectivity index (χ1) is 4.33. The summed E-state index contributed by atoms with van der Waals surface area (Å²) >= 11 is 0. The van der Waals surface area contributed by atoms with Gasteiger partial charge in [0.25, 0.3) is 0 Å². The summed E-state index contributed by atoms with van der Waals surface area (Å²) in [5.74, 6) is -0.549. The standard InChI is InChI=1S/C7H11BO2/c1-5(8)6(9)10-7(2,3)4/h1H2,2-4H3. The zero-order valence-corrected chi connectivity index (χ0v) is 6.60. The number of rotatable bonds is 1. The molecule has 0 atom stereocenters. The summed E-state index contributed by atoms with van der Waals surface area (Å²) in [5, 5.41) is 0. The van der Waals surface area contributed by atoms with Gasteiger partial charge in [-0.2, -0.15) is 0 Å². The Labute approximate surface area is 62.7 Å². The maximum atomic E-state index is 10.7. The third-order valence-electron chi connectivity index (χ3n) is 0.661. The third kappa shape index (κ3) is 4.18. The van der Waals surface area contributed by atoms with E-state index in [-0.39, 0.29) is 5.47 Å². The van der Waals surface area contributed by atoms with Gasteiger partial charge >= 0.3 is 5.97 Å². The molecule has 0 aliphatic carbocycles. The molecule has 0 spiro atoms. The predicted molar refractivity (Wildman–Crippen MR) is 40.7 cm³/mol. The van der Waals surface area contributed by atoms with Crippen LogP contribution in [0.15, 0.2) is 12.1 Å². The average molecular weight is 138 g/mol. The summed E-state index contributed by atoms with van der Waals surface area (Å²) in [6.45, 7) is 8.56. The Hall–Kier alpha value is -0.725. The highest BCUT2D eigenvalue weighted by atomic mass is 16.6. The lowest BCUT2D eigenvalue weighted by molar-refractivity contribution is -0.149. The van der Waals surface area contributed by atoms with Gasteiger partial charge in [-0.15, -0.1) is 0 Å². The monoisotopic (exact) mass is 138 g/mol. The van der Waals surface area contributed by atoms with Crippen LogP contribution >= 0.6 is 0 Å². The van der Waals surface area contributed by atoms with Gasteiger partial charge in [-0.25, -0.2) is 4.79 Å². The molecule has 0 saturated heterocycles. The summed E-state index contributed by atoms with van der Waals surface area (Å²) in [6, 6.07) is 0. The number of carbonyl (C=O) groups excluding carboxylic acids is 1. The fraction of sp³-hybridized carbons (Fsp3) is 0.571. The van der Waals surface area contributed by atoms with Crippen LogP contribution in [-0.4, -0.2) is 19.4 Å². The van der Waals surface area contributed by atoms with E-state index >= 15 is 0 Å². The molecule has 0 aliphatic rings. The minimum Gasteiger partial charge on any atom is -0.457 e. The highest BCUT2D eigenvalue weighted by molar-refractivity contribution is 6.34. The van der Waals surface area contributed by atoms with Crippen LogP contribution in [0.5, 0.6) is 0 Å². The Kier molecular flexibility index (Phi) is 2.70. The zero-order valence-electron chi connectivity index (χ0n) is 6.60. The van der Waals surface area contributed by atoms with E-state index in [0.29, 0.717) is 0 Å². The lowest BCUT2D eigenvalue weighted by Crippen LogP contribution is -2.24. The smallest absolute Gasteiger partial charge is 0.323 e. The van der Waals surface area contributed by atoms with Gasteiger partial charge in [0, 0.05) is 0 Å². The number of carbonyl (C=O) groups is 1. The molecule has 0 heterocycles. The van der Waals surface area contributed by atoms with Gasteiger partial charge in [0.2, 0.25) is 0 Å². The Morgan fingerprint density at radius 2 is 1.90 bits per heavy atom. The molecule has 0 saturated carbocycles. The van der Waals surface area contributed by atoms with E-state index in [2.05, 4.69) is 6.58 Å². The quantitative estimate of drug-likeness (QED) is 0.307. The minimum absolute atomic E-state index is 0.0603. The van der Waals surface area contributed by atoms with Crippen molar-refractivity contribution in [2.45, 2.75) is 26.4 Å². The van der Waals surface area contributed by atoms with Gasteiger partial charge in [0.1, 0.15) is 13.4 Å². The van der Waals surface area contributed by atoms with Gasteiger partial charge in [-0.05, 0) is 26.2 Å². The van der Waals surface area contributed by atoms with Gasteiger partial charge in [-0.3, -0.25) is 0 Å². The van der Waals surface area contributed by atoms with Crippen molar-refractivity contribution >= 4 is 13.8 Å². The topological polar surface area (TPSA) is 26.3 Å². The van der Waals surface area contributed by atoms with Crippen LogP contribution in [0.4, 0.5) is 0 Å². The van der Waals surface area contributed by atoms with E-state index < -0.39 is 11.6 Å². The summed E-state index contributed by atoms with van der Waals surface area (Å²) in [5.41, 5.74) is -0.547. The average Bonchev–Trinajstić information content (AvgIpc) is 1.60. The maximum absolute atomic E-state index is 10.7. The Balaban J connectivity index is 3.93. The molecular formula is C7H11BO2. The van der Waals surface area contributed by atoms with E-state index in [1.807, 2.05) is 0 Å². The minimum atomic E-state index is -0.549. The van der Waals surface area contributed by atoms with Crippen molar-refractivity contribution in [3.63, 3.8) is 0 Å². The highest BCUT2D eigenvalue weighted by Gasteiger charge is 2.15. The van der Waals surface area contributed by atoms with Crippen LogP contribution in [0, 0.1) is 0 Å². The normalized spacial score (nSPS) is 10.7. The molecule has 0 rings (SSSR count). The fourth-order valence-corrected chi connectivity index (χ4v) is 0.344. The summed E-state index contributed by atoms with van der Waals surface area (Å²) in [6.07, 6.45) is 0. The van der Waals surface area contributed by atoms with Gasteiger partial charge in [-0.1, -0.05) is 6.58 Å². The molecule has 2 nitrogen and oxygen atoms in total. The fourth-order valence-electron chi connectivity index (χ4n) is 0.344. The van der Waals surface area contributed by atoms with E-state index in [9.17, 15) is 4.79 Å². The van der Waals surface area contributed by atoms with E-state index in [4.69, 9.17) is 12.6 Å². The number of hydrogen-bond acceptors (Lipinski definition) is 2. The molecule has 3 heteroatoms. The van der Waals surface area contributed by atoms with Gasteiger partial charge in [0.05, 0.1) is 0 Å². The molecule has 54 valence electrons. The number of hydrogen-bond donors (Lipinski definition) is 0. The predicted octanol–water partition coefficient (Wildman–Crippen LogP) is 1.01. The molecule has 0 N–H and O–H groups in total. The first-order valence-electron chi connectivity index (χ1n) is 3.00. The zero-order chi connectivity index (χ0) is 8.36. The molecule has 0 aromatic carbocycles. The molecular weight excluding hydrogens is 127 g/mol. The number of esters is 1. The second kappa shape index (κ2) is 2.91. The molecule has 0 bridgehead atoms. The van der Waals surface area contributed by atoms with Crippen LogP contribution in [0.3, 0.4) is 0 Å². The Bertz CT molecular complexity index is 155. The molecule has 10 heavy (non-hydrogen) atoms. The van der Waals surface area contributed by atoms with E-state index in [1.165, 1.54) is 0 Å². The van der Waals surface area contributed by atoms with Gasteiger partial charge in [0.15, 0.2) is 0 Å². The number of ether oxygens (including phenoxy) is 1.